The summed E-state index contributed by atoms with van der Waals surface area (Å²) in [5, 5.41) is 8.49. The van der Waals surface area contributed by atoms with E-state index >= 15 is 0 Å². The number of aromatic nitrogens is 2. The van der Waals surface area contributed by atoms with Crippen molar-refractivity contribution >= 4 is 34.8 Å². The molecule has 0 saturated heterocycles. The third-order valence-electron chi connectivity index (χ3n) is 3.70. The molecule has 0 radical (unpaired) electrons. The Kier molecular flexibility index (Phi) is 5.81. The van der Waals surface area contributed by atoms with Gasteiger partial charge in [-0.2, -0.15) is 0 Å². The number of hydrogen-bond donors (Lipinski definition) is 3. The molecular formula is C20H19N5O3. The second-order valence-electron chi connectivity index (χ2n) is 5.80. The van der Waals surface area contributed by atoms with Gasteiger partial charge < -0.3 is 20.7 Å². The maximum Gasteiger partial charge on any atom is 0.274 e. The molecule has 0 unspecified atom stereocenters. The first-order valence-electron chi connectivity index (χ1n) is 8.47. The molecule has 2 amide bonds. The van der Waals surface area contributed by atoms with Gasteiger partial charge in [0.25, 0.3) is 5.91 Å². The van der Waals surface area contributed by atoms with Gasteiger partial charge in [-0.25, -0.2) is 9.97 Å². The van der Waals surface area contributed by atoms with Crippen LogP contribution in [-0.2, 0) is 4.79 Å². The molecule has 0 aliphatic heterocycles. The maximum absolute atomic E-state index is 12.5. The molecular weight excluding hydrogens is 358 g/mol. The van der Waals surface area contributed by atoms with Gasteiger partial charge in [-0.05, 0) is 42.5 Å². The first-order valence-corrected chi connectivity index (χ1v) is 8.47. The Hall–Kier alpha value is -3.94. The van der Waals surface area contributed by atoms with Gasteiger partial charge in [0.2, 0.25) is 11.9 Å². The van der Waals surface area contributed by atoms with Crippen LogP contribution in [0.4, 0.5) is 23.0 Å². The summed E-state index contributed by atoms with van der Waals surface area (Å²) in [6.45, 7) is 1.45. The first-order chi connectivity index (χ1) is 13.5. The van der Waals surface area contributed by atoms with Crippen molar-refractivity contribution in [3.63, 3.8) is 0 Å². The van der Waals surface area contributed by atoms with Gasteiger partial charge in [0.1, 0.15) is 11.4 Å². The average molecular weight is 377 g/mol. The van der Waals surface area contributed by atoms with Crippen molar-refractivity contribution in [2.75, 3.05) is 23.1 Å². The van der Waals surface area contributed by atoms with E-state index in [4.69, 9.17) is 4.74 Å². The van der Waals surface area contributed by atoms with Gasteiger partial charge in [-0.15, -0.1) is 0 Å². The van der Waals surface area contributed by atoms with Crippen LogP contribution in [0, 0.1) is 0 Å². The van der Waals surface area contributed by atoms with Gasteiger partial charge in [-0.1, -0.05) is 12.1 Å². The Balaban J connectivity index is 1.71. The molecule has 0 bridgehead atoms. The summed E-state index contributed by atoms with van der Waals surface area (Å²) in [6, 6.07) is 15.7. The summed E-state index contributed by atoms with van der Waals surface area (Å²) in [5.41, 5.74) is 2.16. The van der Waals surface area contributed by atoms with E-state index in [9.17, 15) is 9.59 Å². The smallest absolute Gasteiger partial charge is 0.274 e. The fourth-order valence-corrected chi connectivity index (χ4v) is 2.45. The van der Waals surface area contributed by atoms with Crippen molar-refractivity contribution in [2.45, 2.75) is 6.92 Å². The van der Waals surface area contributed by atoms with E-state index < -0.39 is 0 Å². The van der Waals surface area contributed by atoms with Crippen molar-refractivity contribution in [2.24, 2.45) is 0 Å². The lowest BCUT2D eigenvalue weighted by molar-refractivity contribution is -0.114. The van der Waals surface area contributed by atoms with E-state index in [1.54, 1.807) is 42.5 Å². The number of carbonyl (C=O) groups excluding carboxylic acids is 2. The minimum atomic E-state index is -0.379. The SMILES string of the molecule is COc1ccccc1NC(=O)c1ccnc(Nc2ccc(NC(C)=O)cc2)n1. The van der Waals surface area contributed by atoms with Crippen molar-refractivity contribution in [1.29, 1.82) is 0 Å². The van der Waals surface area contributed by atoms with Crippen LogP contribution >= 0.6 is 0 Å². The summed E-state index contributed by atoms with van der Waals surface area (Å²) >= 11 is 0. The number of benzene rings is 2. The van der Waals surface area contributed by atoms with Gasteiger partial charge in [0.05, 0.1) is 12.8 Å². The number of nitrogens with one attached hydrogen (secondary N) is 3. The summed E-state index contributed by atoms with van der Waals surface area (Å²) < 4.78 is 5.23. The van der Waals surface area contributed by atoms with E-state index in [1.165, 1.54) is 26.3 Å². The second kappa shape index (κ2) is 8.63. The topological polar surface area (TPSA) is 105 Å². The molecule has 3 N–H and O–H groups in total. The highest BCUT2D eigenvalue weighted by atomic mass is 16.5. The zero-order valence-corrected chi connectivity index (χ0v) is 15.4. The number of nitrogens with zero attached hydrogens (tertiary/aromatic N) is 2. The molecule has 0 atom stereocenters. The fourth-order valence-electron chi connectivity index (χ4n) is 2.45. The Morgan fingerprint density at radius 3 is 2.36 bits per heavy atom. The summed E-state index contributed by atoms with van der Waals surface area (Å²) in [5.74, 6) is 0.316. The number of anilines is 4. The molecule has 28 heavy (non-hydrogen) atoms. The number of carbonyl (C=O) groups is 2. The van der Waals surface area contributed by atoms with E-state index in [0.29, 0.717) is 17.1 Å². The Bertz CT molecular complexity index is 989. The molecule has 142 valence electrons. The maximum atomic E-state index is 12.5. The van der Waals surface area contributed by atoms with Gasteiger partial charge in [-0.3, -0.25) is 9.59 Å². The number of amides is 2. The average Bonchev–Trinajstić information content (AvgIpc) is 2.70. The van der Waals surface area contributed by atoms with Crippen LogP contribution in [0.25, 0.3) is 0 Å². The molecule has 1 heterocycles. The standard InChI is InChI=1S/C20H19N5O3/c1-13(26)22-14-7-9-15(10-8-14)23-20-21-12-11-17(25-20)19(27)24-16-5-3-4-6-18(16)28-2/h3-12H,1-2H3,(H,22,26)(H,24,27)(H,21,23,25). The fraction of sp³-hybridized carbons (Fsp3) is 0.100. The van der Waals surface area contributed by atoms with Crippen LogP contribution in [0.3, 0.4) is 0 Å². The van der Waals surface area contributed by atoms with Crippen LogP contribution < -0.4 is 20.7 Å². The molecule has 0 fully saturated rings. The predicted molar refractivity (Wildman–Crippen MR) is 107 cm³/mol. The van der Waals surface area contributed by atoms with Crippen molar-refractivity contribution in [3.8, 4) is 5.75 Å². The predicted octanol–water partition coefficient (Wildman–Crippen LogP) is 3.44. The summed E-state index contributed by atoms with van der Waals surface area (Å²) in [6.07, 6.45) is 1.50. The van der Waals surface area contributed by atoms with Crippen LogP contribution in [0.2, 0.25) is 0 Å². The van der Waals surface area contributed by atoms with Crippen LogP contribution in [-0.4, -0.2) is 28.9 Å². The summed E-state index contributed by atoms with van der Waals surface area (Å²) in [7, 11) is 1.54. The van der Waals surface area contributed by atoms with E-state index in [1.807, 2.05) is 6.07 Å². The lowest BCUT2D eigenvalue weighted by Crippen LogP contribution is -2.15. The Morgan fingerprint density at radius 2 is 1.64 bits per heavy atom. The molecule has 0 spiro atoms. The molecule has 3 aromatic rings. The normalized spacial score (nSPS) is 10.1. The van der Waals surface area contributed by atoms with Crippen molar-refractivity contribution < 1.29 is 14.3 Å². The molecule has 1 aromatic heterocycles. The highest BCUT2D eigenvalue weighted by Gasteiger charge is 2.12. The van der Waals surface area contributed by atoms with E-state index in [0.717, 1.165) is 5.69 Å². The monoisotopic (exact) mass is 377 g/mol. The quantitative estimate of drug-likeness (QED) is 0.608. The van der Waals surface area contributed by atoms with Crippen LogP contribution in [0.1, 0.15) is 17.4 Å². The molecule has 8 heteroatoms. The van der Waals surface area contributed by atoms with E-state index in [-0.39, 0.29) is 23.5 Å². The number of hydrogen-bond acceptors (Lipinski definition) is 6. The van der Waals surface area contributed by atoms with Crippen LogP contribution in [0.5, 0.6) is 5.75 Å². The molecule has 0 aliphatic rings. The number of methoxy groups -OCH3 is 1. The van der Waals surface area contributed by atoms with E-state index in [2.05, 4.69) is 25.9 Å². The molecule has 2 aromatic carbocycles. The highest BCUT2D eigenvalue weighted by Crippen LogP contribution is 2.23. The number of rotatable bonds is 6. The van der Waals surface area contributed by atoms with Gasteiger partial charge in [0.15, 0.2) is 0 Å². The van der Waals surface area contributed by atoms with Crippen molar-refractivity contribution in [1.82, 2.24) is 9.97 Å². The third-order valence-corrected chi connectivity index (χ3v) is 3.70. The Labute approximate surface area is 162 Å². The number of ether oxygens (including phenoxy) is 1. The third kappa shape index (κ3) is 4.82. The minimum absolute atomic E-state index is 0.141. The molecule has 0 aliphatic carbocycles. The lowest BCUT2D eigenvalue weighted by atomic mass is 10.2. The highest BCUT2D eigenvalue weighted by molar-refractivity contribution is 6.03. The molecule has 0 saturated carbocycles. The van der Waals surface area contributed by atoms with Gasteiger partial charge >= 0.3 is 0 Å². The Morgan fingerprint density at radius 1 is 0.929 bits per heavy atom. The minimum Gasteiger partial charge on any atom is -0.495 e. The largest absolute Gasteiger partial charge is 0.495 e. The van der Waals surface area contributed by atoms with Crippen LogP contribution in [0.15, 0.2) is 60.8 Å². The second-order valence-corrected chi connectivity index (χ2v) is 5.80. The van der Waals surface area contributed by atoms with Gasteiger partial charge in [0, 0.05) is 24.5 Å². The zero-order valence-electron chi connectivity index (χ0n) is 15.4. The first kappa shape index (κ1) is 18.8. The molecule has 8 nitrogen and oxygen atoms in total. The number of para-hydroxylation sites is 2. The van der Waals surface area contributed by atoms with Crippen molar-refractivity contribution in [3.05, 3.63) is 66.5 Å². The lowest BCUT2D eigenvalue weighted by Gasteiger charge is -2.10. The summed E-state index contributed by atoms with van der Waals surface area (Å²) in [4.78, 5) is 32.0. The molecule has 3 rings (SSSR count). The zero-order chi connectivity index (χ0) is 19.9.